The molecule has 7 heteroatoms. The van der Waals surface area contributed by atoms with Crippen molar-refractivity contribution in [1.29, 1.82) is 0 Å². The summed E-state index contributed by atoms with van der Waals surface area (Å²) < 4.78 is 6.93. The Morgan fingerprint density at radius 1 is 1.37 bits per heavy atom. The molecule has 2 aromatic rings. The van der Waals surface area contributed by atoms with Crippen molar-refractivity contribution in [2.24, 2.45) is 7.05 Å². The van der Waals surface area contributed by atoms with Crippen LogP contribution < -0.4 is 5.32 Å². The van der Waals surface area contributed by atoms with Crippen molar-refractivity contribution in [3.8, 4) is 0 Å². The zero-order chi connectivity index (χ0) is 13.8. The Labute approximate surface area is 116 Å². The summed E-state index contributed by atoms with van der Waals surface area (Å²) in [7, 11) is 5.39. The van der Waals surface area contributed by atoms with Crippen LogP contribution in [0.5, 0.6) is 0 Å². The summed E-state index contributed by atoms with van der Waals surface area (Å²) in [6, 6.07) is 3.94. The Bertz CT molecular complexity index is 569. The number of ether oxygens (including phenoxy) is 1. The van der Waals surface area contributed by atoms with E-state index in [0.717, 1.165) is 21.6 Å². The maximum Gasteiger partial charge on any atom is 0.157 e. The SMILES string of the molecule is CNc1cc(Sc2cc(C)nn2C)nc(COC)n1. The van der Waals surface area contributed by atoms with Crippen LogP contribution in [-0.2, 0) is 18.4 Å². The smallest absolute Gasteiger partial charge is 0.157 e. The fourth-order valence-corrected chi connectivity index (χ4v) is 2.57. The minimum atomic E-state index is 0.396. The maximum absolute atomic E-state index is 5.08. The third kappa shape index (κ3) is 3.45. The van der Waals surface area contributed by atoms with E-state index in [9.17, 15) is 0 Å². The Balaban J connectivity index is 2.28. The standard InChI is InChI=1S/C12H17N5OS/c1-8-5-12(17(3)16-8)19-11-6-9(13-2)14-10(15-11)7-18-4/h5-6H,7H2,1-4H3,(H,13,14,15). The van der Waals surface area contributed by atoms with Gasteiger partial charge in [-0.25, -0.2) is 9.97 Å². The molecule has 0 saturated carbocycles. The molecule has 0 atom stereocenters. The van der Waals surface area contributed by atoms with E-state index in [1.807, 2.05) is 37.8 Å². The first-order valence-corrected chi connectivity index (χ1v) is 6.67. The summed E-state index contributed by atoms with van der Waals surface area (Å²) in [6.07, 6.45) is 0. The molecule has 0 bridgehead atoms. The molecular formula is C12H17N5OS. The number of hydrogen-bond acceptors (Lipinski definition) is 6. The van der Waals surface area contributed by atoms with Gasteiger partial charge in [-0.1, -0.05) is 11.8 Å². The lowest BCUT2D eigenvalue weighted by molar-refractivity contribution is 0.177. The van der Waals surface area contributed by atoms with Crippen molar-refractivity contribution in [3.63, 3.8) is 0 Å². The van der Waals surface area contributed by atoms with E-state index in [-0.39, 0.29) is 0 Å². The Kier molecular flexibility index (Phi) is 4.39. The van der Waals surface area contributed by atoms with Gasteiger partial charge in [-0.3, -0.25) is 4.68 Å². The Morgan fingerprint density at radius 3 is 2.74 bits per heavy atom. The molecule has 0 unspecified atom stereocenters. The van der Waals surface area contributed by atoms with E-state index in [0.29, 0.717) is 12.4 Å². The van der Waals surface area contributed by atoms with E-state index in [2.05, 4.69) is 20.4 Å². The van der Waals surface area contributed by atoms with Gasteiger partial charge in [-0.2, -0.15) is 5.10 Å². The highest BCUT2D eigenvalue weighted by Gasteiger charge is 2.09. The number of anilines is 1. The molecule has 0 aliphatic heterocycles. The second-order valence-electron chi connectivity index (χ2n) is 4.04. The van der Waals surface area contributed by atoms with Crippen LogP contribution in [0.3, 0.4) is 0 Å². The summed E-state index contributed by atoms with van der Waals surface area (Å²) in [6.45, 7) is 2.37. The van der Waals surface area contributed by atoms with Crippen LogP contribution in [0.1, 0.15) is 11.5 Å². The van der Waals surface area contributed by atoms with Crippen LogP contribution in [0.4, 0.5) is 5.82 Å². The number of methoxy groups -OCH3 is 1. The van der Waals surface area contributed by atoms with Gasteiger partial charge in [0, 0.05) is 27.3 Å². The number of rotatable bonds is 5. The molecule has 0 aliphatic carbocycles. The molecule has 2 aromatic heterocycles. The summed E-state index contributed by atoms with van der Waals surface area (Å²) in [4.78, 5) is 8.79. The predicted octanol–water partition coefficient (Wildman–Crippen LogP) is 1.86. The van der Waals surface area contributed by atoms with E-state index in [1.54, 1.807) is 18.9 Å². The van der Waals surface area contributed by atoms with Gasteiger partial charge >= 0.3 is 0 Å². The van der Waals surface area contributed by atoms with Crippen molar-refractivity contribution in [1.82, 2.24) is 19.7 Å². The van der Waals surface area contributed by atoms with Crippen LogP contribution in [-0.4, -0.2) is 33.9 Å². The first kappa shape index (κ1) is 13.8. The number of nitrogens with one attached hydrogen (secondary N) is 1. The van der Waals surface area contributed by atoms with Crippen LogP contribution in [0.15, 0.2) is 22.2 Å². The summed E-state index contributed by atoms with van der Waals surface area (Å²) in [5.74, 6) is 1.44. The molecule has 0 radical (unpaired) electrons. The second-order valence-corrected chi connectivity index (χ2v) is 5.08. The lowest BCUT2D eigenvalue weighted by atomic mass is 10.5. The van der Waals surface area contributed by atoms with Gasteiger partial charge in [0.15, 0.2) is 5.82 Å². The molecular weight excluding hydrogens is 262 g/mol. The number of nitrogens with zero attached hydrogens (tertiary/aromatic N) is 4. The summed E-state index contributed by atoms with van der Waals surface area (Å²) in [5, 5.41) is 9.26. The highest BCUT2D eigenvalue weighted by atomic mass is 32.2. The molecule has 2 heterocycles. The van der Waals surface area contributed by atoms with Crippen LogP contribution in [0.2, 0.25) is 0 Å². The molecule has 6 nitrogen and oxygen atoms in total. The van der Waals surface area contributed by atoms with Crippen LogP contribution in [0.25, 0.3) is 0 Å². The molecule has 0 aliphatic rings. The lowest BCUT2D eigenvalue weighted by Gasteiger charge is -2.07. The molecule has 0 spiro atoms. The normalized spacial score (nSPS) is 10.7. The van der Waals surface area contributed by atoms with Gasteiger partial charge in [0.1, 0.15) is 22.5 Å². The van der Waals surface area contributed by atoms with Crippen molar-refractivity contribution < 1.29 is 4.74 Å². The summed E-state index contributed by atoms with van der Waals surface area (Å²) >= 11 is 1.56. The minimum Gasteiger partial charge on any atom is -0.377 e. The van der Waals surface area contributed by atoms with E-state index in [4.69, 9.17) is 4.74 Å². The predicted molar refractivity (Wildman–Crippen MR) is 74.4 cm³/mol. The quantitative estimate of drug-likeness (QED) is 0.843. The largest absolute Gasteiger partial charge is 0.377 e. The Morgan fingerprint density at radius 2 is 2.16 bits per heavy atom. The van der Waals surface area contributed by atoms with Crippen molar-refractivity contribution in [3.05, 3.63) is 23.7 Å². The van der Waals surface area contributed by atoms with Crippen LogP contribution >= 0.6 is 11.8 Å². The molecule has 102 valence electrons. The van der Waals surface area contributed by atoms with E-state index in [1.165, 1.54) is 0 Å². The number of aromatic nitrogens is 4. The first-order chi connectivity index (χ1) is 9.12. The lowest BCUT2D eigenvalue weighted by Crippen LogP contribution is -2.02. The first-order valence-electron chi connectivity index (χ1n) is 5.85. The van der Waals surface area contributed by atoms with Crippen molar-refractivity contribution in [2.75, 3.05) is 19.5 Å². The Hall–Kier alpha value is -1.60. The highest BCUT2D eigenvalue weighted by molar-refractivity contribution is 7.99. The monoisotopic (exact) mass is 279 g/mol. The van der Waals surface area contributed by atoms with Gasteiger partial charge in [0.2, 0.25) is 0 Å². The topological polar surface area (TPSA) is 64.9 Å². The van der Waals surface area contributed by atoms with E-state index < -0.39 is 0 Å². The minimum absolute atomic E-state index is 0.396. The zero-order valence-electron chi connectivity index (χ0n) is 11.5. The highest BCUT2D eigenvalue weighted by Crippen LogP contribution is 2.27. The number of hydrogen-bond donors (Lipinski definition) is 1. The average molecular weight is 279 g/mol. The molecule has 0 aromatic carbocycles. The fourth-order valence-electron chi connectivity index (χ4n) is 1.64. The van der Waals surface area contributed by atoms with Gasteiger partial charge in [0.25, 0.3) is 0 Å². The summed E-state index contributed by atoms with van der Waals surface area (Å²) in [5.41, 5.74) is 0.991. The zero-order valence-corrected chi connectivity index (χ0v) is 12.3. The van der Waals surface area contributed by atoms with Gasteiger partial charge in [-0.15, -0.1) is 0 Å². The molecule has 0 fully saturated rings. The third-order valence-electron chi connectivity index (χ3n) is 2.45. The molecule has 0 saturated heterocycles. The molecule has 19 heavy (non-hydrogen) atoms. The second kappa shape index (κ2) is 6.03. The van der Waals surface area contributed by atoms with Crippen molar-refractivity contribution in [2.45, 2.75) is 23.6 Å². The van der Waals surface area contributed by atoms with E-state index >= 15 is 0 Å². The van der Waals surface area contributed by atoms with Crippen LogP contribution in [0, 0.1) is 6.92 Å². The van der Waals surface area contributed by atoms with Gasteiger partial charge in [0.05, 0.1) is 5.69 Å². The van der Waals surface area contributed by atoms with Gasteiger partial charge < -0.3 is 10.1 Å². The van der Waals surface area contributed by atoms with Crippen molar-refractivity contribution >= 4 is 17.6 Å². The molecule has 2 rings (SSSR count). The average Bonchev–Trinajstić information content (AvgIpc) is 2.68. The molecule has 1 N–H and O–H groups in total. The fraction of sp³-hybridized carbons (Fsp3) is 0.417. The van der Waals surface area contributed by atoms with Gasteiger partial charge in [-0.05, 0) is 13.0 Å². The number of aryl methyl sites for hydroxylation is 2. The molecule has 0 amide bonds. The third-order valence-corrected chi connectivity index (χ3v) is 3.46. The maximum atomic E-state index is 5.08.